The number of benzene rings is 2. The molecule has 4 nitrogen and oxygen atoms in total. The summed E-state index contributed by atoms with van der Waals surface area (Å²) in [6.07, 6.45) is 5.09. The Hall–Kier alpha value is -3.06. The Balaban J connectivity index is 1.58. The summed E-state index contributed by atoms with van der Waals surface area (Å²) >= 11 is 1.34. The fourth-order valence-electron chi connectivity index (χ4n) is 2.36. The molecular weight excluding hydrogens is 370 g/mol. The van der Waals surface area contributed by atoms with Gasteiger partial charge in [0.05, 0.1) is 7.11 Å². The molecule has 1 aromatic heterocycles. The molecule has 2 aromatic carbocycles. The van der Waals surface area contributed by atoms with Gasteiger partial charge in [-0.05, 0) is 41.5 Å². The summed E-state index contributed by atoms with van der Waals surface area (Å²) in [7, 11) is 1.39. The van der Waals surface area contributed by atoms with E-state index in [0.29, 0.717) is 17.1 Å². The molecule has 1 amide bonds. The highest BCUT2D eigenvalue weighted by Crippen LogP contribution is 2.22. The first-order chi connectivity index (χ1) is 13.0. The highest BCUT2D eigenvalue weighted by atomic mass is 32.1. The molecule has 1 N–H and O–H groups in total. The van der Waals surface area contributed by atoms with E-state index < -0.39 is 5.82 Å². The number of nitrogens with one attached hydrogen (secondary N) is 1. The van der Waals surface area contributed by atoms with E-state index in [1.165, 1.54) is 54.9 Å². The van der Waals surface area contributed by atoms with E-state index in [2.05, 4.69) is 10.3 Å². The molecule has 0 spiro atoms. The van der Waals surface area contributed by atoms with Crippen molar-refractivity contribution in [1.29, 1.82) is 0 Å². The van der Waals surface area contributed by atoms with Crippen molar-refractivity contribution in [2.45, 2.75) is 6.42 Å². The zero-order valence-electron chi connectivity index (χ0n) is 14.4. The standard InChI is InChI=1S/C20H16F2N2O2S/c1-26-18-8-4-14(11-17(18)22)5-9-19(25)24-20-23-12-16(27-20)10-13-2-6-15(21)7-3-13/h2-9,11-12H,10H2,1H3,(H,23,24,25)/b9-5+. The van der Waals surface area contributed by atoms with Gasteiger partial charge in [-0.1, -0.05) is 18.2 Å². The summed E-state index contributed by atoms with van der Waals surface area (Å²) < 4.78 is 31.4. The van der Waals surface area contributed by atoms with E-state index in [1.807, 2.05) is 0 Å². The van der Waals surface area contributed by atoms with Crippen LogP contribution in [0.4, 0.5) is 13.9 Å². The van der Waals surface area contributed by atoms with E-state index in [-0.39, 0.29) is 17.5 Å². The number of methoxy groups -OCH3 is 1. The Labute approximate surface area is 159 Å². The average Bonchev–Trinajstić information content (AvgIpc) is 3.09. The lowest BCUT2D eigenvalue weighted by molar-refractivity contribution is -0.111. The number of halogens is 2. The number of carbonyl (C=O) groups is 1. The SMILES string of the molecule is COc1ccc(/C=C/C(=O)Nc2ncc(Cc3ccc(F)cc3)s2)cc1F. The van der Waals surface area contributed by atoms with Crippen molar-refractivity contribution >= 4 is 28.5 Å². The van der Waals surface area contributed by atoms with Gasteiger partial charge in [-0.25, -0.2) is 13.8 Å². The molecule has 0 aliphatic rings. The maximum Gasteiger partial charge on any atom is 0.250 e. The van der Waals surface area contributed by atoms with Crippen molar-refractivity contribution in [1.82, 2.24) is 4.98 Å². The maximum absolute atomic E-state index is 13.6. The van der Waals surface area contributed by atoms with Crippen molar-refractivity contribution in [3.05, 3.63) is 82.4 Å². The molecule has 0 unspecified atom stereocenters. The molecule has 0 radical (unpaired) electrons. The zero-order valence-corrected chi connectivity index (χ0v) is 15.2. The van der Waals surface area contributed by atoms with Crippen LogP contribution in [0.1, 0.15) is 16.0 Å². The molecular formula is C20H16F2N2O2S. The summed E-state index contributed by atoms with van der Waals surface area (Å²) in [5.74, 6) is -0.994. The topological polar surface area (TPSA) is 51.2 Å². The van der Waals surface area contributed by atoms with Crippen LogP contribution in [0.25, 0.3) is 6.08 Å². The zero-order chi connectivity index (χ0) is 19.2. The van der Waals surface area contributed by atoms with Crippen LogP contribution in [0.2, 0.25) is 0 Å². The minimum Gasteiger partial charge on any atom is -0.494 e. The van der Waals surface area contributed by atoms with Crippen molar-refractivity contribution in [2.24, 2.45) is 0 Å². The lowest BCUT2D eigenvalue weighted by Crippen LogP contribution is -2.07. The highest BCUT2D eigenvalue weighted by molar-refractivity contribution is 7.15. The number of hydrogen-bond acceptors (Lipinski definition) is 4. The highest BCUT2D eigenvalue weighted by Gasteiger charge is 2.06. The molecule has 0 aliphatic carbocycles. The Kier molecular flexibility index (Phi) is 5.93. The predicted molar refractivity (Wildman–Crippen MR) is 102 cm³/mol. The second-order valence-electron chi connectivity index (χ2n) is 5.65. The number of carbonyl (C=O) groups excluding carboxylic acids is 1. The predicted octanol–water partition coefficient (Wildman–Crippen LogP) is 4.67. The molecule has 3 aromatic rings. The van der Waals surface area contributed by atoms with Crippen LogP contribution in [-0.2, 0) is 11.2 Å². The molecule has 3 rings (SSSR count). The normalized spacial score (nSPS) is 10.9. The minimum absolute atomic E-state index is 0.146. The molecule has 0 saturated carbocycles. The quantitative estimate of drug-likeness (QED) is 0.626. The van der Waals surface area contributed by atoms with Crippen LogP contribution < -0.4 is 10.1 Å². The number of thiazole rings is 1. The van der Waals surface area contributed by atoms with Gasteiger partial charge >= 0.3 is 0 Å². The van der Waals surface area contributed by atoms with E-state index in [9.17, 15) is 13.6 Å². The number of hydrogen-bond donors (Lipinski definition) is 1. The van der Waals surface area contributed by atoms with Crippen LogP contribution >= 0.6 is 11.3 Å². The van der Waals surface area contributed by atoms with Gasteiger partial charge in [0.15, 0.2) is 16.7 Å². The largest absolute Gasteiger partial charge is 0.494 e. The van der Waals surface area contributed by atoms with Gasteiger partial charge in [0.1, 0.15) is 5.82 Å². The van der Waals surface area contributed by atoms with E-state index in [0.717, 1.165) is 10.4 Å². The van der Waals surface area contributed by atoms with E-state index in [1.54, 1.807) is 24.4 Å². The van der Waals surface area contributed by atoms with Gasteiger partial charge in [0.2, 0.25) is 5.91 Å². The lowest BCUT2D eigenvalue weighted by Gasteiger charge is -2.02. The second-order valence-corrected chi connectivity index (χ2v) is 6.77. The summed E-state index contributed by atoms with van der Waals surface area (Å²) in [5.41, 5.74) is 1.50. The molecule has 1 heterocycles. The van der Waals surface area contributed by atoms with Gasteiger partial charge in [-0.2, -0.15) is 0 Å². The Morgan fingerprint density at radius 1 is 1.22 bits per heavy atom. The van der Waals surface area contributed by atoms with Crippen LogP contribution in [0.5, 0.6) is 5.75 Å². The number of nitrogens with zero attached hydrogens (tertiary/aromatic N) is 1. The molecule has 0 bridgehead atoms. The average molecular weight is 386 g/mol. The van der Waals surface area contributed by atoms with Crippen LogP contribution in [0.3, 0.4) is 0 Å². The van der Waals surface area contributed by atoms with Crippen molar-refractivity contribution in [2.75, 3.05) is 12.4 Å². The third-order valence-electron chi connectivity index (χ3n) is 3.68. The number of aromatic nitrogens is 1. The van der Waals surface area contributed by atoms with Gasteiger partial charge < -0.3 is 4.74 Å². The monoisotopic (exact) mass is 386 g/mol. The first-order valence-corrected chi connectivity index (χ1v) is 8.87. The third kappa shape index (κ3) is 5.21. The summed E-state index contributed by atoms with van der Waals surface area (Å²) in [6.45, 7) is 0. The van der Waals surface area contributed by atoms with Crippen LogP contribution in [0.15, 0.2) is 54.7 Å². The first-order valence-electron chi connectivity index (χ1n) is 8.05. The summed E-state index contributed by atoms with van der Waals surface area (Å²) in [5, 5.41) is 3.13. The molecule has 138 valence electrons. The smallest absolute Gasteiger partial charge is 0.250 e. The number of rotatable bonds is 6. The molecule has 7 heteroatoms. The third-order valence-corrected chi connectivity index (χ3v) is 4.59. The second kappa shape index (κ2) is 8.55. The summed E-state index contributed by atoms with van der Waals surface area (Å²) in [6, 6.07) is 10.7. The number of ether oxygens (including phenoxy) is 1. The fraction of sp³-hybridized carbons (Fsp3) is 0.100. The lowest BCUT2D eigenvalue weighted by atomic mass is 10.1. The Morgan fingerprint density at radius 2 is 2.00 bits per heavy atom. The molecule has 0 fully saturated rings. The van der Waals surface area contributed by atoms with Gasteiger partial charge in [-0.3, -0.25) is 10.1 Å². The Bertz CT molecular complexity index is 968. The van der Waals surface area contributed by atoms with Gasteiger partial charge in [0.25, 0.3) is 0 Å². The van der Waals surface area contributed by atoms with E-state index in [4.69, 9.17) is 4.74 Å². The van der Waals surface area contributed by atoms with Crippen molar-refractivity contribution in [3.8, 4) is 5.75 Å². The summed E-state index contributed by atoms with van der Waals surface area (Å²) in [4.78, 5) is 17.1. The number of amides is 1. The Morgan fingerprint density at radius 3 is 2.70 bits per heavy atom. The van der Waals surface area contributed by atoms with Gasteiger partial charge in [0, 0.05) is 23.6 Å². The maximum atomic E-state index is 13.6. The van der Waals surface area contributed by atoms with E-state index >= 15 is 0 Å². The van der Waals surface area contributed by atoms with Crippen LogP contribution in [0, 0.1) is 11.6 Å². The fourth-order valence-corrected chi connectivity index (χ4v) is 3.21. The van der Waals surface area contributed by atoms with Crippen LogP contribution in [-0.4, -0.2) is 18.0 Å². The first kappa shape index (κ1) is 18.7. The molecule has 0 aliphatic heterocycles. The molecule has 0 saturated heterocycles. The van der Waals surface area contributed by atoms with Crippen molar-refractivity contribution in [3.63, 3.8) is 0 Å². The van der Waals surface area contributed by atoms with Gasteiger partial charge in [-0.15, -0.1) is 11.3 Å². The molecule has 27 heavy (non-hydrogen) atoms. The molecule has 0 atom stereocenters. The van der Waals surface area contributed by atoms with Crippen molar-refractivity contribution < 1.29 is 18.3 Å². The number of anilines is 1. The minimum atomic E-state index is -0.495.